The molecule has 0 aromatic carbocycles. The zero-order valence-corrected chi connectivity index (χ0v) is 19.7. The van der Waals surface area contributed by atoms with E-state index in [1.807, 2.05) is 20.8 Å². The van der Waals surface area contributed by atoms with E-state index in [1.54, 1.807) is 26.1 Å². The van der Waals surface area contributed by atoms with Crippen LogP contribution < -0.4 is 0 Å². The molecule has 0 atom stereocenters. The largest absolute Gasteiger partial charge is 0.440 e. The molecule has 32 heavy (non-hydrogen) atoms. The highest BCUT2D eigenvalue weighted by atomic mass is 32.2. The molecule has 2 aromatic rings. The predicted molar refractivity (Wildman–Crippen MR) is 119 cm³/mol. The number of rotatable bonds is 4. The molecule has 1 N–H and O–H groups in total. The first-order chi connectivity index (χ1) is 14.9. The molecule has 1 saturated carbocycles. The lowest BCUT2D eigenvalue weighted by atomic mass is 9.99. The number of aromatic nitrogens is 2. The first kappa shape index (κ1) is 27.3. The van der Waals surface area contributed by atoms with E-state index in [1.165, 1.54) is 6.20 Å². The maximum Gasteiger partial charge on any atom is 0.433 e. The highest BCUT2D eigenvalue weighted by Crippen LogP contribution is 2.47. The topological polar surface area (TPSA) is 90.5 Å². The molecule has 0 radical (unpaired) electrons. The normalized spacial score (nSPS) is 13.8. The van der Waals surface area contributed by atoms with Gasteiger partial charge in [-0.25, -0.2) is 0 Å². The molecular formula is C23H28F3N4OS-. The van der Waals surface area contributed by atoms with Crippen LogP contribution in [-0.4, -0.2) is 9.97 Å². The first-order valence-corrected chi connectivity index (χ1v) is 11.3. The van der Waals surface area contributed by atoms with Crippen molar-refractivity contribution in [1.82, 2.24) is 9.97 Å². The van der Waals surface area contributed by atoms with Crippen molar-refractivity contribution >= 4 is 16.2 Å². The second kappa shape index (κ2) is 11.2. The molecule has 9 heteroatoms. The minimum atomic E-state index is -4.33. The van der Waals surface area contributed by atoms with Crippen LogP contribution in [0.25, 0.3) is 5.57 Å². The maximum atomic E-state index is 12.0. The summed E-state index contributed by atoms with van der Waals surface area (Å²) in [6, 6.07) is 5.01. The van der Waals surface area contributed by atoms with Gasteiger partial charge in [-0.2, -0.15) is 29.0 Å². The van der Waals surface area contributed by atoms with E-state index in [9.17, 15) is 17.4 Å². The molecule has 0 bridgehead atoms. The van der Waals surface area contributed by atoms with Crippen LogP contribution in [0.3, 0.4) is 0 Å². The van der Waals surface area contributed by atoms with Crippen LogP contribution >= 0.6 is 0 Å². The molecule has 0 spiro atoms. The third-order valence-electron chi connectivity index (χ3n) is 4.99. The van der Waals surface area contributed by atoms with Gasteiger partial charge in [0.15, 0.2) is 0 Å². The van der Waals surface area contributed by atoms with Gasteiger partial charge in [-0.05, 0) is 61.4 Å². The summed E-state index contributed by atoms with van der Waals surface area (Å²) < 4.78 is 55.0. The number of nitriles is 1. The van der Waals surface area contributed by atoms with Gasteiger partial charge in [0.1, 0.15) is 5.69 Å². The molecule has 1 aliphatic rings. The number of alkyl halides is 3. The molecule has 0 unspecified atom stereocenters. The number of aryl methyl sites for hydroxylation is 2. The fourth-order valence-electron chi connectivity index (χ4n) is 2.65. The number of pyridine rings is 2. The first-order valence-electron chi connectivity index (χ1n) is 10.2. The van der Waals surface area contributed by atoms with Crippen molar-refractivity contribution < 1.29 is 17.4 Å². The molecule has 0 saturated heterocycles. The van der Waals surface area contributed by atoms with Crippen molar-refractivity contribution in [2.24, 2.45) is 0 Å². The number of hydrogen-bond donors (Lipinski definition) is 1. The molecular weight excluding hydrogens is 437 g/mol. The van der Waals surface area contributed by atoms with Gasteiger partial charge in [0.25, 0.3) is 0 Å². The Bertz CT molecular complexity index is 1070. The Hall–Kier alpha value is -2.73. The molecule has 174 valence electrons. The van der Waals surface area contributed by atoms with Crippen molar-refractivity contribution in [2.75, 3.05) is 0 Å². The monoisotopic (exact) mass is 465 g/mol. The predicted octanol–water partition coefficient (Wildman–Crippen LogP) is 6.89. The zero-order chi connectivity index (χ0) is 24.7. The smallest absolute Gasteiger partial charge is 0.433 e. The van der Waals surface area contributed by atoms with Gasteiger partial charge in [-0.15, -0.1) is 0 Å². The lowest BCUT2D eigenvalue weighted by Gasteiger charge is -2.15. The fraction of sp³-hybridized carbons (Fsp3) is 0.435. The Labute approximate surface area is 189 Å². The fourth-order valence-corrected chi connectivity index (χ4v) is 3.26. The molecule has 1 aliphatic carbocycles. The standard InChI is InChI=1S/C13H14N3OS.C8H8F3N.C2H6/c1-3-9(2)12-11(18(15)17)6-10(7-16-12)13(8-14)4-5-13;1-5-3-7(8(9,10)11)12-4-6(5)2;1-2/h6-7,15H,2-5H2,1H3;3-4H,1-2H3;1-2H3/q-1;;. The second-order valence-electron chi connectivity index (χ2n) is 7.14. The summed E-state index contributed by atoms with van der Waals surface area (Å²) in [5.41, 5.74) is 2.15. The van der Waals surface area contributed by atoms with Crippen LogP contribution in [0, 0.1) is 30.0 Å². The van der Waals surface area contributed by atoms with E-state index in [0.29, 0.717) is 22.6 Å². The lowest BCUT2D eigenvalue weighted by Crippen LogP contribution is -2.08. The molecule has 2 heterocycles. The van der Waals surface area contributed by atoms with E-state index in [4.69, 9.17) is 10.0 Å². The van der Waals surface area contributed by atoms with Gasteiger partial charge in [0.05, 0.1) is 17.2 Å². The van der Waals surface area contributed by atoms with Gasteiger partial charge < -0.3 is 8.99 Å². The van der Waals surface area contributed by atoms with Crippen LogP contribution in [-0.2, 0) is 26.4 Å². The number of hydrogen-bond acceptors (Lipinski definition) is 6. The molecule has 5 nitrogen and oxygen atoms in total. The molecule has 1 fully saturated rings. The summed E-state index contributed by atoms with van der Waals surface area (Å²) in [4.78, 5) is 7.91. The third kappa shape index (κ3) is 6.63. The second-order valence-corrected chi connectivity index (χ2v) is 8.12. The Balaban J connectivity index is 0.000000318. The van der Waals surface area contributed by atoms with Crippen LogP contribution in [0.4, 0.5) is 13.2 Å². The summed E-state index contributed by atoms with van der Waals surface area (Å²) >= 11 is 0. The van der Waals surface area contributed by atoms with Gasteiger partial charge >= 0.3 is 6.18 Å². The Morgan fingerprint density at radius 2 is 1.81 bits per heavy atom. The van der Waals surface area contributed by atoms with Crippen molar-refractivity contribution in [1.29, 1.82) is 10.0 Å². The molecule has 0 amide bonds. The van der Waals surface area contributed by atoms with E-state index in [0.717, 1.165) is 35.6 Å². The highest BCUT2D eigenvalue weighted by Gasteiger charge is 2.45. The number of nitrogens with zero attached hydrogens (tertiary/aromatic N) is 3. The van der Waals surface area contributed by atoms with Crippen molar-refractivity contribution in [2.45, 2.75) is 70.4 Å². The number of allylic oxidation sites excluding steroid dienone is 1. The lowest BCUT2D eigenvalue weighted by molar-refractivity contribution is -0.141. The quantitative estimate of drug-likeness (QED) is 0.498. The molecule has 3 rings (SSSR count). The third-order valence-corrected chi connectivity index (χ3v) is 5.70. The van der Waals surface area contributed by atoms with Gasteiger partial charge in [0.2, 0.25) is 0 Å². The van der Waals surface area contributed by atoms with Crippen LogP contribution in [0.2, 0.25) is 0 Å². The minimum Gasteiger partial charge on any atom is -0.440 e. The van der Waals surface area contributed by atoms with E-state index < -0.39 is 27.9 Å². The zero-order valence-electron chi connectivity index (χ0n) is 18.9. The van der Waals surface area contributed by atoms with Gasteiger partial charge in [0, 0.05) is 12.4 Å². The average Bonchev–Trinajstić information content (AvgIpc) is 3.57. The number of halogens is 3. The van der Waals surface area contributed by atoms with E-state index in [2.05, 4.69) is 22.6 Å². The van der Waals surface area contributed by atoms with Gasteiger partial charge in [-0.1, -0.05) is 38.3 Å². The Morgan fingerprint density at radius 1 is 1.22 bits per heavy atom. The summed E-state index contributed by atoms with van der Waals surface area (Å²) in [6.07, 6.45) is 0.867. The highest BCUT2D eigenvalue weighted by molar-refractivity contribution is 7.73. The van der Waals surface area contributed by atoms with Crippen LogP contribution in [0.1, 0.15) is 68.1 Å². The maximum absolute atomic E-state index is 12.0. The van der Waals surface area contributed by atoms with Crippen LogP contribution in [0.15, 0.2) is 36.0 Å². The van der Waals surface area contributed by atoms with Crippen LogP contribution in [0.5, 0.6) is 0 Å². The molecule has 0 aliphatic heterocycles. The van der Waals surface area contributed by atoms with E-state index >= 15 is 0 Å². The van der Waals surface area contributed by atoms with Crippen molar-refractivity contribution in [3.8, 4) is 6.07 Å². The average molecular weight is 466 g/mol. The van der Waals surface area contributed by atoms with Crippen molar-refractivity contribution in [3.05, 3.63) is 59.2 Å². The Kier molecular flexibility index (Phi) is 9.58. The summed E-state index contributed by atoms with van der Waals surface area (Å²) in [5, 5.41) is 9.15. The van der Waals surface area contributed by atoms with Gasteiger partial charge in [-0.3, -0.25) is 9.97 Å². The number of nitrogens with one attached hydrogen (secondary N) is 1. The SMILES string of the molecule is C=C(CC)c1ncc(C2(C#N)CC2)cc1[S-](=N)=O.CC.Cc1cnc(C(F)(F)F)cc1C. The Morgan fingerprint density at radius 3 is 2.22 bits per heavy atom. The van der Waals surface area contributed by atoms with Crippen molar-refractivity contribution in [3.63, 3.8) is 0 Å². The molecule has 2 aromatic heterocycles. The summed E-state index contributed by atoms with van der Waals surface area (Å²) in [6.45, 7) is 13.2. The van der Waals surface area contributed by atoms with E-state index in [-0.39, 0.29) is 0 Å². The minimum absolute atomic E-state index is 0.362. The summed E-state index contributed by atoms with van der Waals surface area (Å²) in [5.74, 6) is 0. The summed E-state index contributed by atoms with van der Waals surface area (Å²) in [7, 11) is -1.86.